The van der Waals surface area contributed by atoms with Crippen LogP contribution < -0.4 is 5.32 Å². The minimum Gasteiger partial charge on any atom is -0.366 e. The van der Waals surface area contributed by atoms with E-state index in [1.54, 1.807) is 0 Å². The monoisotopic (exact) mass is 334 g/mol. The van der Waals surface area contributed by atoms with Gasteiger partial charge in [-0.25, -0.2) is 0 Å². The fourth-order valence-corrected chi connectivity index (χ4v) is 4.52. The van der Waals surface area contributed by atoms with Gasteiger partial charge in [0.05, 0.1) is 6.07 Å². The van der Waals surface area contributed by atoms with Crippen LogP contribution in [0, 0.1) is 22.2 Å². The molecule has 0 amide bonds. The molecule has 2 rings (SSSR count). The summed E-state index contributed by atoms with van der Waals surface area (Å²) in [5.41, 5.74) is 0.856. The van der Waals surface area contributed by atoms with Gasteiger partial charge in [-0.3, -0.25) is 0 Å². The van der Waals surface area contributed by atoms with Crippen LogP contribution in [0.3, 0.4) is 0 Å². The molecule has 0 heterocycles. The van der Waals surface area contributed by atoms with Gasteiger partial charge in [0.25, 0.3) is 0 Å². The third kappa shape index (κ3) is 3.35. The zero-order chi connectivity index (χ0) is 15.0. The molecule has 1 N–H and O–H groups in total. The summed E-state index contributed by atoms with van der Waals surface area (Å²) in [4.78, 5) is 0. The predicted molar refractivity (Wildman–Crippen MR) is 87.5 cm³/mol. The van der Waals surface area contributed by atoms with Crippen LogP contribution in [0.15, 0.2) is 28.7 Å². The molecule has 0 aromatic heterocycles. The zero-order valence-corrected chi connectivity index (χ0v) is 14.3. The number of nitriles is 1. The van der Waals surface area contributed by atoms with Crippen molar-refractivity contribution in [2.24, 2.45) is 10.8 Å². The largest absolute Gasteiger partial charge is 0.366 e. The molecule has 1 aliphatic rings. The Morgan fingerprint density at radius 2 is 1.60 bits per heavy atom. The molecule has 0 bridgehead atoms. The molecular formula is C17H23BrN2. The second-order valence-electron chi connectivity index (χ2n) is 7.66. The summed E-state index contributed by atoms with van der Waals surface area (Å²) in [7, 11) is 0. The molecule has 2 nitrogen and oxygen atoms in total. The Kier molecular flexibility index (Phi) is 3.90. The van der Waals surface area contributed by atoms with Crippen molar-refractivity contribution < 1.29 is 0 Å². The average Bonchev–Trinajstić information content (AvgIpc) is 2.28. The lowest BCUT2D eigenvalue weighted by Gasteiger charge is -2.49. The molecule has 0 atom stereocenters. The molecule has 1 aliphatic carbocycles. The molecular weight excluding hydrogens is 312 g/mol. The van der Waals surface area contributed by atoms with E-state index >= 15 is 0 Å². The zero-order valence-electron chi connectivity index (χ0n) is 12.8. The third-order valence-electron chi connectivity index (χ3n) is 3.98. The minimum atomic E-state index is -0.491. The summed E-state index contributed by atoms with van der Waals surface area (Å²) in [6, 6.07) is 10.6. The number of nitrogens with one attached hydrogen (secondary N) is 1. The maximum Gasteiger partial charge on any atom is 0.126 e. The van der Waals surface area contributed by atoms with Crippen LogP contribution in [-0.4, -0.2) is 5.54 Å². The number of halogens is 1. The highest BCUT2D eigenvalue weighted by Crippen LogP contribution is 2.51. The number of hydrogen-bond acceptors (Lipinski definition) is 2. The number of nitrogens with zero attached hydrogens (tertiary/aromatic N) is 1. The molecule has 1 aromatic rings. The Morgan fingerprint density at radius 1 is 1.05 bits per heavy atom. The van der Waals surface area contributed by atoms with Crippen LogP contribution in [0.2, 0.25) is 0 Å². The average molecular weight is 335 g/mol. The second-order valence-corrected chi connectivity index (χ2v) is 8.51. The Morgan fingerprint density at radius 3 is 2.10 bits per heavy atom. The van der Waals surface area contributed by atoms with Crippen LogP contribution in [0.1, 0.15) is 47.0 Å². The van der Waals surface area contributed by atoms with Crippen molar-refractivity contribution in [3.63, 3.8) is 0 Å². The van der Waals surface area contributed by atoms with E-state index in [4.69, 9.17) is 0 Å². The van der Waals surface area contributed by atoms with Crippen LogP contribution in [-0.2, 0) is 0 Å². The quantitative estimate of drug-likeness (QED) is 0.790. The lowest BCUT2D eigenvalue weighted by atomic mass is 9.58. The maximum atomic E-state index is 9.83. The maximum absolute atomic E-state index is 9.83. The fourth-order valence-electron chi connectivity index (χ4n) is 4.13. The van der Waals surface area contributed by atoms with E-state index in [9.17, 15) is 5.26 Å². The Bertz CT molecular complexity index is 524. The molecule has 1 aromatic carbocycles. The highest BCUT2D eigenvalue weighted by atomic mass is 79.9. The smallest absolute Gasteiger partial charge is 0.126 e. The van der Waals surface area contributed by atoms with Crippen molar-refractivity contribution in [3.8, 4) is 6.07 Å². The summed E-state index contributed by atoms with van der Waals surface area (Å²) in [6.07, 6.45) is 2.91. The summed E-state index contributed by atoms with van der Waals surface area (Å²) < 4.78 is 1.01. The van der Waals surface area contributed by atoms with Crippen molar-refractivity contribution in [2.45, 2.75) is 52.5 Å². The summed E-state index contributed by atoms with van der Waals surface area (Å²) in [5, 5.41) is 13.3. The minimum absolute atomic E-state index is 0.172. The van der Waals surface area contributed by atoms with E-state index in [0.717, 1.165) is 29.4 Å². The van der Waals surface area contributed by atoms with Crippen molar-refractivity contribution in [1.29, 1.82) is 5.26 Å². The molecule has 0 saturated heterocycles. The third-order valence-corrected chi connectivity index (χ3v) is 4.67. The molecule has 0 radical (unpaired) electrons. The lowest BCUT2D eigenvalue weighted by Crippen LogP contribution is -2.50. The van der Waals surface area contributed by atoms with Gasteiger partial charge < -0.3 is 5.32 Å². The van der Waals surface area contributed by atoms with Gasteiger partial charge >= 0.3 is 0 Å². The van der Waals surface area contributed by atoms with E-state index in [2.05, 4.69) is 55.0 Å². The summed E-state index contributed by atoms with van der Waals surface area (Å²) in [5.74, 6) is 0. The fraction of sp³-hybridized carbons (Fsp3) is 0.588. The van der Waals surface area contributed by atoms with Gasteiger partial charge in [-0.2, -0.15) is 5.26 Å². The van der Waals surface area contributed by atoms with Crippen LogP contribution in [0.25, 0.3) is 0 Å². The molecule has 20 heavy (non-hydrogen) atoms. The van der Waals surface area contributed by atoms with E-state index in [0.29, 0.717) is 0 Å². The molecule has 3 heteroatoms. The lowest BCUT2D eigenvalue weighted by molar-refractivity contribution is 0.0811. The number of hydrogen-bond donors (Lipinski definition) is 1. The number of anilines is 1. The van der Waals surface area contributed by atoms with E-state index in [1.165, 1.54) is 0 Å². The topological polar surface area (TPSA) is 35.8 Å². The molecule has 0 unspecified atom stereocenters. The van der Waals surface area contributed by atoms with Gasteiger partial charge in [-0.05, 0) is 58.2 Å². The normalized spacial score (nSPS) is 22.8. The number of para-hydroxylation sites is 1. The molecule has 1 saturated carbocycles. The van der Waals surface area contributed by atoms with Gasteiger partial charge in [0.1, 0.15) is 5.54 Å². The van der Waals surface area contributed by atoms with E-state index < -0.39 is 5.54 Å². The second kappa shape index (κ2) is 5.07. The van der Waals surface area contributed by atoms with Gasteiger partial charge in [-0.1, -0.05) is 39.8 Å². The van der Waals surface area contributed by atoms with Gasteiger partial charge in [-0.15, -0.1) is 0 Å². The standard InChI is InChI=1S/C17H23BrN2/c1-15(2)9-16(3,4)11-17(10-15,12-19)20-14-8-6-5-7-13(14)18/h5-8,20H,9-11H2,1-4H3. The van der Waals surface area contributed by atoms with Crippen molar-refractivity contribution in [2.75, 3.05) is 5.32 Å². The molecule has 108 valence electrons. The van der Waals surface area contributed by atoms with Crippen molar-refractivity contribution >= 4 is 21.6 Å². The highest BCUT2D eigenvalue weighted by molar-refractivity contribution is 9.10. The first-order chi connectivity index (χ1) is 9.17. The van der Waals surface area contributed by atoms with Crippen molar-refractivity contribution in [1.82, 2.24) is 0 Å². The van der Waals surface area contributed by atoms with Crippen LogP contribution in [0.5, 0.6) is 0 Å². The Labute approximate surface area is 130 Å². The Balaban J connectivity index is 2.35. The molecule has 0 aliphatic heterocycles. The predicted octanol–water partition coefficient (Wildman–Crippen LogP) is 5.36. The summed E-state index contributed by atoms with van der Waals surface area (Å²) in [6.45, 7) is 9.06. The van der Waals surface area contributed by atoms with Crippen LogP contribution >= 0.6 is 15.9 Å². The number of rotatable bonds is 2. The van der Waals surface area contributed by atoms with Crippen LogP contribution in [0.4, 0.5) is 5.69 Å². The SMILES string of the molecule is CC1(C)CC(C)(C)CC(C#N)(Nc2ccccc2Br)C1. The molecule has 0 spiro atoms. The molecule has 1 fully saturated rings. The van der Waals surface area contributed by atoms with E-state index in [-0.39, 0.29) is 10.8 Å². The van der Waals surface area contributed by atoms with Gasteiger partial charge in [0.2, 0.25) is 0 Å². The van der Waals surface area contributed by atoms with E-state index in [1.807, 2.05) is 24.3 Å². The number of benzene rings is 1. The summed E-state index contributed by atoms with van der Waals surface area (Å²) >= 11 is 3.56. The Hall–Kier alpha value is -1.01. The first-order valence-electron chi connectivity index (χ1n) is 7.11. The van der Waals surface area contributed by atoms with Gasteiger partial charge in [0.15, 0.2) is 0 Å². The van der Waals surface area contributed by atoms with Gasteiger partial charge in [0, 0.05) is 10.2 Å². The van der Waals surface area contributed by atoms with Crippen molar-refractivity contribution in [3.05, 3.63) is 28.7 Å². The first kappa shape index (κ1) is 15.4. The first-order valence-corrected chi connectivity index (χ1v) is 7.90. The highest BCUT2D eigenvalue weighted by Gasteiger charge is 2.48.